The normalized spacial score (nSPS) is 17.0. The SMILES string of the molecule is O=C(CC1c2ccccc2S(=O)(=O)N1c1ccc(Cc2ccncc2)cc1)NO. The van der Waals surface area contributed by atoms with Crippen LogP contribution in [0.1, 0.15) is 29.2 Å². The molecule has 29 heavy (non-hydrogen) atoms. The Hall–Kier alpha value is -3.23. The van der Waals surface area contributed by atoms with Crippen LogP contribution in [0.2, 0.25) is 0 Å². The van der Waals surface area contributed by atoms with Gasteiger partial charge in [-0.15, -0.1) is 0 Å². The first kappa shape index (κ1) is 19.1. The van der Waals surface area contributed by atoms with Crippen LogP contribution < -0.4 is 9.79 Å². The Bertz CT molecular complexity index is 1130. The van der Waals surface area contributed by atoms with Gasteiger partial charge >= 0.3 is 0 Å². The van der Waals surface area contributed by atoms with Gasteiger partial charge in [0.15, 0.2) is 0 Å². The van der Waals surface area contributed by atoms with E-state index in [9.17, 15) is 13.2 Å². The van der Waals surface area contributed by atoms with E-state index in [1.165, 1.54) is 10.4 Å². The van der Waals surface area contributed by atoms with E-state index in [-0.39, 0.29) is 11.3 Å². The number of hydrogen-bond acceptors (Lipinski definition) is 5. The second-order valence-electron chi connectivity index (χ2n) is 6.79. The monoisotopic (exact) mass is 409 g/mol. The van der Waals surface area contributed by atoms with Crippen molar-refractivity contribution in [1.82, 2.24) is 10.5 Å². The zero-order valence-corrected chi connectivity index (χ0v) is 16.2. The fourth-order valence-corrected chi connectivity index (χ4v) is 5.51. The zero-order chi connectivity index (χ0) is 20.4. The van der Waals surface area contributed by atoms with Crippen LogP contribution in [0.15, 0.2) is 78.0 Å². The maximum absolute atomic E-state index is 13.2. The zero-order valence-electron chi connectivity index (χ0n) is 15.4. The smallest absolute Gasteiger partial charge is 0.265 e. The van der Waals surface area contributed by atoms with Gasteiger partial charge in [-0.1, -0.05) is 30.3 Å². The molecule has 0 spiro atoms. The molecule has 0 saturated carbocycles. The number of hydrogen-bond donors (Lipinski definition) is 2. The molecule has 3 aromatic rings. The molecule has 2 N–H and O–H groups in total. The molecular weight excluding hydrogens is 390 g/mol. The fourth-order valence-electron chi connectivity index (χ4n) is 3.62. The Balaban J connectivity index is 1.69. The van der Waals surface area contributed by atoms with E-state index in [1.807, 2.05) is 24.3 Å². The Kier molecular flexibility index (Phi) is 5.04. The number of nitrogens with zero attached hydrogens (tertiary/aromatic N) is 2. The van der Waals surface area contributed by atoms with Gasteiger partial charge in [0.2, 0.25) is 5.91 Å². The summed E-state index contributed by atoms with van der Waals surface area (Å²) in [5.41, 5.74) is 4.73. The molecule has 1 aromatic heterocycles. The highest BCUT2D eigenvalue weighted by molar-refractivity contribution is 7.93. The number of aromatic nitrogens is 1. The summed E-state index contributed by atoms with van der Waals surface area (Å²) in [5, 5.41) is 8.93. The predicted molar refractivity (Wildman–Crippen MR) is 107 cm³/mol. The number of rotatable bonds is 5. The maximum atomic E-state index is 13.2. The number of pyridine rings is 1. The molecular formula is C21H19N3O4S. The summed E-state index contributed by atoms with van der Waals surface area (Å²) in [6.07, 6.45) is 3.97. The Labute approximate surface area is 168 Å². The third-order valence-electron chi connectivity index (χ3n) is 4.95. The van der Waals surface area contributed by atoms with E-state index in [1.54, 1.807) is 48.2 Å². The lowest BCUT2D eigenvalue weighted by atomic mass is 10.0. The van der Waals surface area contributed by atoms with E-state index >= 15 is 0 Å². The summed E-state index contributed by atoms with van der Waals surface area (Å²) in [7, 11) is -3.81. The van der Waals surface area contributed by atoms with Crippen LogP contribution in [0.5, 0.6) is 0 Å². The molecule has 1 amide bonds. The molecule has 8 heteroatoms. The molecule has 0 bridgehead atoms. The lowest BCUT2D eigenvalue weighted by molar-refractivity contribution is -0.129. The molecule has 1 unspecified atom stereocenters. The molecule has 0 saturated heterocycles. The summed E-state index contributed by atoms with van der Waals surface area (Å²) in [6, 6.07) is 17.0. The van der Waals surface area contributed by atoms with E-state index in [0.717, 1.165) is 11.1 Å². The number of anilines is 1. The summed E-state index contributed by atoms with van der Waals surface area (Å²) in [4.78, 5) is 16.0. The third-order valence-corrected chi connectivity index (χ3v) is 6.86. The lowest BCUT2D eigenvalue weighted by Gasteiger charge is -2.25. The molecule has 0 radical (unpaired) electrons. The first-order chi connectivity index (χ1) is 14.0. The van der Waals surface area contributed by atoms with Gasteiger partial charge in [0.05, 0.1) is 23.0 Å². The van der Waals surface area contributed by atoms with Crippen LogP contribution in [0.3, 0.4) is 0 Å². The molecule has 148 valence electrons. The predicted octanol–water partition coefficient (Wildman–Crippen LogP) is 2.82. The van der Waals surface area contributed by atoms with Crippen LogP contribution in [-0.4, -0.2) is 24.5 Å². The maximum Gasteiger partial charge on any atom is 0.265 e. The van der Waals surface area contributed by atoms with Crippen molar-refractivity contribution in [3.63, 3.8) is 0 Å². The Morgan fingerprint density at radius 3 is 2.34 bits per heavy atom. The summed E-state index contributed by atoms with van der Waals surface area (Å²) < 4.78 is 27.6. The molecule has 1 atom stereocenters. The highest BCUT2D eigenvalue weighted by Crippen LogP contribution is 2.44. The molecule has 1 aliphatic heterocycles. The van der Waals surface area contributed by atoms with Crippen molar-refractivity contribution in [3.8, 4) is 0 Å². The molecule has 2 heterocycles. The molecule has 4 rings (SSSR count). The van der Waals surface area contributed by atoms with Crippen molar-refractivity contribution in [2.45, 2.75) is 23.8 Å². The van der Waals surface area contributed by atoms with Crippen molar-refractivity contribution in [1.29, 1.82) is 0 Å². The van der Waals surface area contributed by atoms with Crippen LogP contribution >= 0.6 is 0 Å². The van der Waals surface area contributed by atoms with E-state index in [4.69, 9.17) is 5.21 Å². The second kappa shape index (κ2) is 7.65. The van der Waals surface area contributed by atoms with Crippen LogP contribution in [0.25, 0.3) is 0 Å². The minimum atomic E-state index is -3.81. The summed E-state index contributed by atoms with van der Waals surface area (Å²) in [6.45, 7) is 0. The molecule has 0 fully saturated rings. The number of carbonyl (C=O) groups is 1. The van der Waals surface area contributed by atoms with E-state index < -0.39 is 22.0 Å². The van der Waals surface area contributed by atoms with Crippen molar-refractivity contribution in [3.05, 3.63) is 89.7 Å². The van der Waals surface area contributed by atoms with Crippen LogP contribution in [0.4, 0.5) is 5.69 Å². The van der Waals surface area contributed by atoms with Crippen molar-refractivity contribution in [2.24, 2.45) is 0 Å². The highest BCUT2D eigenvalue weighted by Gasteiger charge is 2.43. The number of carbonyl (C=O) groups excluding carboxylic acids is 1. The Morgan fingerprint density at radius 2 is 1.66 bits per heavy atom. The van der Waals surface area contributed by atoms with Gasteiger partial charge in [0.25, 0.3) is 10.0 Å². The van der Waals surface area contributed by atoms with Crippen LogP contribution in [-0.2, 0) is 21.2 Å². The first-order valence-corrected chi connectivity index (χ1v) is 10.5. The number of hydroxylamine groups is 1. The highest BCUT2D eigenvalue weighted by atomic mass is 32.2. The fraction of sp³-hybridized carbons (Fsp3) is 0.143. The minimum Gasteiger partial charge on any atom is -0.289 e. The van der Waals surface area contributed by atoms with E-state index in [2.05, 4.69) is 4.98 Å². The minimum absolute atomic E-state index is 0.177. The van der Waals surface area contributed by atoms with Gasteiger partial charge in [-0.2, -0.15) is 0 Å². The molecule has 1 aliphatic rings. The average molecular weight is 409 g/mol. The van der Waals surface area contributed by atoms with Gasteiger partial charge in [0.1, 0.15) is 0 Å². The molecule has 2 aromatic carbocycles. The van der Waals surface area contributed by atoms with Crippen LogP contribution in [0, 0.1) is 0 Å². The molecule has 0 aliphatic carbocycles. The third kappa shape index (κ3) is 3.59. The standard InChI is InChI=1S/C21H19N3O4S/c25-21(23-26)14-19-18-3-1-2-4-20(18)29(27,28)24(19)17-7-5-15(6-8-17)13-16-9-11-22-12-10-16/h1-12,19,26H,13-14H2,(H,23,25). The van der Waals surface area contributed by atoms with Crippen molar-refractivity contribution in [2.75, 3.05) is 4.31 Å². The van der Waals surface area contributed by atoms with Gasteiger partial charge in [-0.25, -0.2) is 13.9 Å². The van der Waals surface area contributed by atoms with E-state index in [0.29, 0.717) is 17.7 Å². The Morgan fingerprint density at radius 1 is 1.00 bits per heavy atom. The van der Waals surface area contributed by atoms with Gasteiger partial charge in [-0.3, -0.25) is 19.3 Å². The quantitative estimate of drug-likeness (QED) is 0.499. The number of sulfonamides is 1. The topological polar surface area (TPSA) is 99.6 Å². The average Bonchev–Trinajstić information content (AvgIpc) is 2.96. The second-order valence-corrected chi connectivity index (χ2v) is 8.58. The summed E-state index contributed by atoms with van der Waals surface area (Å²) in [5.74, 6) is -0.652. The summed E-state index contributed by atoms with van der Waals surface area (Å²) >= 11 is 0. The number of benzene rings is 2. The first-order valence-electron chi connectivity index (χ1n) is 9.05. The van der Waals surface area contributed by atoms with Crippen molar-refractivity contribution < 1.29 is 18.4 Å². The largest absolute Gasteiger partial charge is 0.289 e. The number of amides is 1. The van der Waals surface area contributed by atoms with Crippen molar-refractivity contribution >= 4 is 21.6 Å². The van der Waals surface area contributed by atoms with Gasteiger partial charge in [0, 0.05) is 12.4 Å². The van der Waals surface area contributed by atoms with Gasteiger partial charge in [-0.05, 0) is 53.4 Å². The van der Waals surface area contributed by atoms with Gasteiger partial charge < -0.3 is 0 Å². The number of fused-ring (bicyclic) bond motifs is 1. The lowest BCUT2D eigenvalue weighted by Crippen LogP contribution is -2.32. The number of nitrogens with one attached hydrogen (secondary N) is 1. The molecule has 7 nitrogen and oxygen atoms in total.